The van der Waals surface area contributed by atoms with Crippen molar-refractivity contribution in [1.29, 1.82) is 0 Å². The van der Waals surface area contributed by atoms with Gasteiger partial charge < -0.3 is 15.2 Å². The Kier molecular flexibility index (Phi) is 4.18. The summed E-state index contributed by atoms with van der Waals surface area (Å²) in [5.74, 6) is 1.60. The summed E-state index contributed by atoms with van der Waals surface area (Å²) < 4.78 is 0. The van der Waals surface area contributed by atoms with Gasteiger partial charge >= 0.3 is 0 Å². The van der Waals surface area contributed by atoms with Crippen molar-refractivity contribution in [1.82, 2.24) is 25.1 Å². The molecule has 0 atom stereocenters. The molecule has 0 unspecified atom stereocenters. The number of rotatable bonds is 5. The summed E-state index contributed by atoms with van der Waals surface area (Å²) in [4.78, 5) is 13.9. The molecule has 0 aliphatic carbocycles. The van der Waals surface area contributed by atoms with Gasteiger partial charge in [-0.25, -0.2) is 4.98 Å². The zero-order valence-corrected chi connectivity index (χ0v) is 14.6. The molecule has 0 fully saturated rings. The Morgan fingerprint density at radius 1 is 1.12 bits per heavy atom. The van der Waals surface area contributed by atoms with Gasteiger partial charge in [0.05, 0.1) is 5.69 Å². The first kappa shape index (κ1) is 16.0. The Hall–Kier alpha value is -3.48. The number of fused-ring (bicyclic) bond motifs is 1. The normalized spacial score (nSPS) is 10.8. The van der Waals surface area contributed by atoms with Gasteiger partial charge in [0.25, 0.3) is 0 Å². The number of nitrogens with one attached hydrogen (secondary N) is 2. The number of aromatic amines is 1. The molecule has 130 valence electrons. The van der Waals surface area contributed by atoms with Crippen LogP contribution in [0.4, 0.5) is 11.6 Å². The Morgan fingerprint density at radius 3 is 2.77 bits per heavy atom. The Morgan fingerprint density at radius 2 is 2.04 bits per heavy atom. The highest BCUT2D eigenvalue weighted by atomic mass is 15.2. The molecule has 0 aliphatic heterocycles. The lowest BCUT2D eigenvalue weighted by Gasteiger charge is -2.11. The second-order valence-corrected chi connectivity index (χ2v) is 6.18. The van der Waals surface area contributed by atoms with Crippen molar-refractivity contribution < 1.29 is 0 Å². The van der Waals surface area contributed by atoms with E-state index in [-0.39, 0.29) is 0 Å². The molecule has 0 amide bonds. The van der Waals surface area contributed by atoms with Gasteiger partial charge in [-0.05, 0) is 35.9 Å². The first-order valence-corrected chi connectivity index (χ1v) is 8.33. The first-order valence-electron chi connectivity index (χ1n) is 8.33. The van der Waals surface area contributed by atoms with Crippen molar-refractivity contribution in [3.05, 3.63) is 60.6 Å². The molecular weight excluding hydrogens is 326 g/mol. The molecule has 7 heteroatoms. The molecule has 7 nitrogen and oxygen atoms in total. The summed E-state index contributed by atoms with van der Waals surface area (Å²) >= 11 is 0. The van der Waals surface area contributed by atoms with E-state index < -0.39 is 0 Å². The van der Waals surface area contributed by atoms with Crippen molar-refractivity contribution in [3.63, 3.8) is 0 Å². The van der Waals surface area contributed by atoms with E-state index in [4.69, 9.17) is 0 Å². The highest BCUT2D eigenvalue weighted by molar-refractivity contribution is 5.93. The Labute approximate surface area is 151 Å². The van der Waals surface area contributed by atoms with Crippen LogP contribution in [-0.4, -0.2) is 39.2 Å². The third kappa shape index (κ3) is 3.19. The molecule has 0 radical (unpaired) electrons. The minimum atomic E-state index is 0.651. The number of anilines is 2. The van der Waals surface area contributed by atoms with Crippen molar-refractivity contribution in [3.8, 4) is 11.3 Å². The topological polar surface area (TPSA) is 82.6 Å². The summed E-state index contributed by atoms with van der Waals surface area (Å²) in [5.41, 5.74) is 3.71. The lowest BCUT2D eigenvalue weighted by atomic mass is 10.1. The summed E-state index contributed by atoms with van der Waals surface area (Å²) in [6, 6.07) is 11.9. The molecule has 0 aliphatic rings. The van der Waals surface area contributed by atoms with E-state index >= 15 is 0 Å². The van der Waals surface area contributed by atoms with Crippen LogP contribution < -0.4 is 10.2 Å². The van der Waals surface area contributed by atoms with Gasteiger partial charge in [0.15, 0.2) is 5.82 Å². The van der Waals surface area contributed by atoms with Crippen LogP contribution in [0.2, 0.25) is 0 Å². The SMILES string of the molecule is CN(C)c1ccc(-c2cc(NCc3cccnc3)nc3[nH]ccc23)nn1. The largest absolute Gasteiger partial charge is 0.366 e. The van der Waals surface area contributed by atoms with E-state index in [1.807, 2.05) is 67.8 Å². The Bertz CT molecular complexity index is 1010. The van der Waals surface area contributed by atoms with Crippen molar-refractivity contribution in [2.24, 2.45) is 0 Å². The predicted octanol–water partition coefficient (Wildman–Crippen LogP) is 3.09. The average molecular weight is 345 g/mol. The van der Waals surface area contributed by atoms with Gasteiger partial charge in [0.1, 0.15) is 11.5 Å². The van der Waals surface area contributed by atoms with Crippen LogP contribution in [0.3, 0.4) is 0 Å². The molecule has 4 rings (SSSR count). The first-order chi connectivity index (χ1) is 12.7. The number of H-pyrrole nitrogens is 1. The fraction of sp³-hybridized carbons (Fsp3) is 0.158. The molecule has 4 aromatic rings. The molecule has 4 heterocycles. The third-order valence-corrected chi connectivity index (χ3v) is 4.11. The van der Waals surface area contributed by atoms with Crippen LogP contribution in [0.15, 0.2) is 55.0 Å². The minimum absolute atomic E-state index is 0.651. The maximum atomic E-state index is 4.64. The van der Waals surface area contributed by atoms with Gasteiger partial charge in [0.2, 0.25) is 0 Å². The standard InChI is InChI=1S/C19H19N7/c1-26(2)18-6-5-16(24-25-18)15-10-17(23-19-14(15)7-9-21-19)22-12-13-4-3-8-20-11-13/h3-11H,12H2,1-2H3,(H2,21,22,23). The van der Waals surface area contributed by atoms with E-state index in [0.717, 1.165) is 39.5 Å². The molecule has 0 spiro atoms. The summed E-state index contributed by atoms with van der Waals surface area (Å²) in [6.45, 7) is 0.651. The molecule has 0 bridgehead atoms. The Balaban J connectivity index is 1.68. The van der Waals surface area contributed by atoms with E-state index in [1.165, 1.54) is 0 Å². The van der Waals surface area contributed by atoms with Gasteiger partial charge in [-0.3, -0.25) is 4.98 Å². The van der Waals surface area contributed by atoms with Gasteiger partial charge in [0, 0.05) is 50.2 Å². The maximum Gasteiger partial charge on any atom is 0.150 e. The highest BCUT2D eigenvalue weighted by Gasteiger charge is 2.11. The lowest BCUT2D eigenvalue weighted by molar-refractivity contribution is 0.969. The van der Waals surface area contributed by atoms with Crippen molar-refractivity contribution in [2.45, 2.75) is 6.54 Å². The van der Waals surface area contributed by atoms with Gasteiger partial charge in [-0.2, -0.15) is 0 Å². The lowest BCUT2D eigenvalue weighted by Crippen LogP contribution is -2.11. The summed E-state index contributed by atoms with van der Waals surface area (Å²) in [6.07, 6.45) is 5.49. The summed E-state index contributed by atoms with van der Waals surface area (Å²) in [7, 11) is 3.89. The predicted molar refractivity (Wildman–Crippen MR) is 103 cm³/mol. The maximum absolute atomic E-state index is 4.64. The van der Waals surface area contributed by atoms with E-state index in [2.05, 4.69) is 30.5 Å². The van der Waals surface area contributed by atoms with Crippen LogP contribution in [0, 0.1) is 0 Å². The zero-order chi connectivity index (χ0) is 17.9. The quantitative estimate of drug-likeness (QED) is 0.578. The molecule has 0 aromatic carbocycles. The molecule has 26 heavy (non-hydrogen) atoms. The molecular formula is C19H19N7. The molecule has 0 saturated heterocycles. The number of pyridine rings is 2. The molecule has 4 aromatic heterocycles. The summed E-state index contributed by atoms with van der Waals surface area (Å²) in [5, 5.41) is 13.0. The van der Waals surface area contributed by atoms with Gasteiger partial charge in [-0.15, -0.1) is 10.2 Å². The minimum Gasteiger partial charge on any atom is -0.366 e. The number of hydrogen-bond donors (Lipinski definition) is 2. The van der Waals surface area contributed by atoms with Crippen LogP contribution in [0.1, 0.15) is 5.56 Å². The highest BCUT2D eigenvalue weighted by Crippen LogP contribution is 2.29. The number of nitrogens with zero attached hydrogens (tertiary/aromatic N) is 5. The zero-order valence-electron chi connectivity index (χ0n) is 14.6. The van der Waals surface area contributed by atoms with Crippen molar-refractivity contribution >= 4 is 22.7 Å². The van der Waals surface area contributed by atoms with Crippen molar-refractivity contribution in [2.75, 3.05) is 24.3 Å². The van der Waals surface area contributed by atoms with Crippen LogP contribution in [-0.2, 0) is 6.54 Å². The molecule has 2 N–H and O–H groups in total. The second-order valence-electron chi connectivity index (χ2n) is 6.18. The average Bonchev–Trinajstić information content (AvgIpc) is 3.15. The third-order valence-electron chi connectivity index (χ3n) is 4.11. The second kappa shape index (κ2) is 6.79. The fourth-order valence-corrected chi connectivity index (χ4v) is 2.74. The van der Waals surface area contributed by atoms with Crippen LogP contribution in [0.5, 0.6) is 0 Å². The monoisotopic (exact) mass is 345 g/mol. The van der Waals surface area contributed by atoms with Crippen LogP contribution >= 0.6 is 0 Å². The van der Waals surface area contributed by atoms with Crippen LogP contribution in [0.25, 0.3) is 22.3 Å². The smallest absolute Gasteiger partial charge is 0.150 e. The van der Waals surface area contributed by atoms with E-state index in [0.29, 0.717) is 6.54 Å². The number of aromatic nitrogens is 5. The van der Waals surface area contributed by atoms with E-state index in [1.54, 1.807) is 6.20 Å². The molecule has 0 saturated carbocycles. The van der Waals surface area contributed by atoms with E-state index in [9.17, 15) is 0 Å². The van der Waals surface area contributed by atoms with Gasteiger partial charge in [-0.1, -0.05) is 6.07 Å². The number of hydrogen-bond acceptors (Lipinski definition) is 6. The fourth-order valence-electron chi connectivity index (χ4n) is 2.74.